The van der Waals surface area contributed by atoms with Crippen molar-refractivity contribution in [2.24, 2.45) is 5.73 Å². The molecule has 27 heavy (non-hydrogen) atoms. The van der Waals surface area contributed by atoms with E-state index in [4.69, 9.17) is 15.2 Å². The molecule has 0 bridgehead atoms. The van der Waals surface area contributed by atoms with Gasteiger partial charge in [-0.3, -0.25) is 4.79 Å². The summed E-state index contributed by atoms with van der Waals surface area (Å²) in [7, 11) is 3.25. The highest BCUT2D eigenvalue weighted by atomic mass is 16.5. The first-order chi connectivity index (χ1) is 13.1. The maximum Gasteiger partial charge on any atom is 0.234 e. The number of amides is 1. The number of fused-ring (bicyclic) bond motifs is 1. The number of nitrogens with two attached hydrogens (primary N) is 1. The average Bonchev–Trinajstić information content (AvgIpc) is 3.11. The average molecular weight is 367 g/mol. The number of ether oxygens (including phenoxy) is 2. The molecule has 0 aliphatic carbocycles. The van der Waals surface area contributed by atoms with E-state index in [1.807, 2.05) is 42.6 Å². The molecular weight excluding hydrogens is 342 g/mol. The van der Waals surface area contributed by atoms with E-state index < -0.39 is 6.04 Å². The van der Waals surface area contributed by atoms with Crippen molar-refractivity contribution < 1.29 is 14.3 Å². The molecule has 2 aromatic carbocycles. The van der Waals surface area contributed by atoms with Crippen LogP contribution in [0.1, 0.15) is 24.0 Å². The molecule has 0 radical (unpaired) electrons. The van der Waals surface area contributed by atoms with Crippen molar-refractivity contribution in [1.29, 1.82) is 0 Å². The quantitative estimate of drug-likeness (QED) is 0.571. The summed E-state index contributed by atoms with van der Waals surface area (Å²) in [6.07, 6.45) is 2.00. The molecule has 0 aliphatic heterocycles. The summed E-state index contributed by atoms with van der Waals surface area (Å²) in [4.78, 5) is 14.8. The van der Waals surface area contributed by atoms with Crippen LogP contribution in [0.2, 0.25) is 0 Å². The molecule has 0 aliphatic rings. The lowest BCUT2D eigenvalue weighted by Crippen LogP contribution is -2.40. The minimum absolute atomic E-state index is 0.0620. The van der Waals surface area contributed by atoms with Gasteiger partial charge < -0.3 is 25.5 Å². The number of methoxy groups -OCH3 is 2. The number of aromatic nitrogens is 1. The standard InChI is InChI=1S/C21H25N3O3/c1-13(21(22)25)23-11-17(15-8-6-10-19(26-2)20(15)27-3)16-12-24-18-9-5-4-7-14(16)18/h4-10,12-13,17,23-24H,11H2,1-3H3,(H2,22,25)/t13-,17+/m1/s1. The summed E-state index contributed by atoms with van der Waals surface area (Å²) in [6.45, 7) is 2.28. The van der Waals surface area contributed by atoms with Crippen LogP contribution in [0.3, 0.4) is 0 Å². The van der Waals surface area contributed by atoms with Crippen molar-refractivity contribution in [3.05, 3.63) is 59.8 Å². The van der Waals surface area contributed by atoms with Crippen LogP contribution in [0.25, 0.3) is 10.9 Å². The summed E-state index contributed by atoms with van der Waals surface area (Å²) in [6, 6.07) is 13.5. The zero-order chi connectivity index (χ0) is 19.4. The zero-order valence-electron chi connectivity index (χ0n) is 15.8. The smallest absolute Gasteiger partial charge is 0.234 e. The number of primary amides is 1. The van der Waals surface area contributed by atoms with Crippen LogP contribution in [0.15, 0.2) is 48.7 Å². The second kappa shape index (κ2) is 8.14. The van der Waals surface area contributed by atoms with E-state index in [-0.39, 0.29) is 11.8 Å². The van der Waals surface area contributed by atoms with Gasteiger partial charge in [0, 0.05) is 35.1 Å². The van der Waals surface area contributed by atoms with E-state index in [2.05, 4.69) is 16.4 Å². The van der Waals surface area contributed by atoms with Crippen molar-refractivity contribution in [3.8, 4) is 11.5 Å². The lowest BCUT2D eigenvalue weighted by Gasteiger charge is -2.23. The molecule has 1 aromatic heterocycles. The molecule has 3 aromatic rings. The van der Waals surface area contributed by atoms with Crippen LogP contribution in [-0.4, -0.2) is 37.7 Å². The Hall–Kier alpha value is -2.99. The van der Waals surface area contributed by atoms with Crippen molar-refractivity contribution in [1.82, 2.24) is 10.3 Å². The fraction of sp³-hybridized carbons (Fsp3) is 0.286. The molecule has 0 unspecified atom stereocenters. The van der Waals surface area contributed by atoms with Gasteiger partial charge in [-0.15, -0.1) is 0 Å². The fourth-order valence-corrected chi connectivity index (χ4v) is 3.35. The maximum atomic E-state index is 11.5. The predicted octanol–water partition coefficient (Wildman–Crippen LogP) is 2.78. The summed E-state index contributed by atoms with van der Waals surface area (Å²) >= 11 is 0. The Kier molecular flexibility index (Phi) is 5.66. The molecule has 142 valence electrons. The second-order valence-electron chi connectivity index (χ2n) is 6.46. The van der Waals surface area contributed by atoms with Gasteiger partial charge in [0.25, 0.3) is 0 Å². The number of aromatic amines is 1. The van der Waals surface area contributed by atoms with Gasteiger partial charge in [-0.1, -0.05) is 30.3 Å². The van der Waals surface area contributed by atoms with E-state index in [0.29, 0.717) is 18.0 Å². The largest absolute Gasteiger partial charge is 0.493 e. The summed E-state index contributed by atoms with van der Waals surface area (Å²) in [5, 5.41) is 4.36. The molecule has 1 heterocycles. The molecule has 0 saturated heterocycles. The molecule has 0 saturated carbocycles. The second-order valence-corrected chi connectivity index (χ2v) is 6.46. The maximum absolute atomic E-state index is 11.5. The van der Waals surface area contributed by atoms with Crippen LogP contribution in [-0.2, 0) is 4.79 Å². The molecule has 6 nitrogen and oxygen atoms in total. The zero-order valence-corrected chi connectivity index (χ0v) is 15.8. The van der Waals surface area contributed by atoms with Gasteiger partial charge in [-0.2, -0.15) is 0 Å². The van der Waals surface area contributed by atoms with Gasteiger partial charge in [-0.05, 0) is 24.6 Å². The van der Waals surface area contributed by atoms with Crippen LogP contribution >= 0.6 is 0 Å². The van der Waals surface area contributed by atoms with Gasteiger partial charge in [0.05, 0.1) is 20.3 Å². The van der Waals surface area contributed by atoms with Gasteiger partial charge >= 0.3 is 0 Å². The SMILES string of the molecule is COc1cccc([C@H](CN[C@H](C)C(N)=O)c2c[nH]c3ccccc23)c1OC. The Balaban J connectivity index is 2.09. The van der Waals surface area contributed by atoms with E-state index in [0.717, 1.165) is 22.0 Å². The number of hydrogen-bond acceptors (Lipinski definition) is 4. The van der Waals surface area contributed by atoms with Crippen LogP contribution in [0.5, 0.6) is 11.5 Å². The predicted molar refractivity (Wildman–Crippen MR) is 106 cm³/mol. The lowest BCUT2D eigenvalue weighted by atomic mass is 9.89. The number of carbonyl (C=O) groups excluding carboxylic acids is 1. The number of para-hydroxylation sites is 2. The van der Waals surface area contributed by atoms with Crippen molar-refractivity contribution in [2.75, 3.05) is 20.8 Å². The fourth-order valence-electron chi connectivity index (χ4n) is 3.35. The first-order valence-corrected chi connectivity index (χ1v) is 8.86. The van der Waals surface area contributed by atoms with E-state index in [1.54, 1.807) is 21.1 Å². The van der Waals surface area contributed by atoms with E-state index in [1.165, 1.54) is 0 Å². The van der Waals surface area contributed by atoms with Gasteiger partial charge in [0.2, 0.25) is 5.91 Å². The first kappa shape index (κ1) is 18.8. The Labute approximate surface area is 158 Å². The molecule has 1 amide bonds. The van der Waals surface area contributed by atoms with Crippen molar-refractivity contribution in [3.63, 3.8) is 0 Å². The number of H-pyrrole nitrogens is 1. The summed E-state index contributed by atoms with van der Waals surface area (Å²) in [5.74, 6) is 0.907. The third-order valence-corrected chi connectivity index (χ3v) is 4.86. The van der Waals surface area contributed by atoms with E-state index in [9.17, 15) is 4.79 Å². The number of carbonyl (C=O) groups is 1. The molecular formula is C21H25N3O3. The third-order valence-electron chi connectivity index (χ3n) is 4.86. The van der Waals surface area contributed by atoms with Gasteiger partial charge in [0.1, 0.15) is 0 Å². The number of nitrogens with one attached hydrogen (secondary N) is 2. The Bertz CT molecular complexity index is 935. The monoisotopic (exact) mass is 367 g/mol. The Morgan fingerprint density at radius 2 is 1.89 bits per heavy atom. The topological polar surface area (TPSA) is 89.4 Å². The Morgan fingerprint density at radius 3 is 2.59 bits per heavy atom. The number of benzene rings is 2. The van der Waals surface area contributed by atoms with Crippen LogP contribution < -0.4 is 20.5 Å². The highest BCUT2D eigenvalue weighted by Gasteiger charge is 2.24. The third kappa shape index (κ3) is 3.75. The highest BCUT2D eigenvalue weighted by molar-refractivity contribution is 5.84. The van der Waals surface area contributed by atoms with Crippen LogP contribution in [0.4, 0.5) is 0 Å². The summed E-state index contributed by atoms with van der Waals surface area (Å²) < 4.78 is 11.1. The molecule has 0 fully saturated rings. The van der Waals surface area contributed by atoms with E-state index >= 15 is 0 Å². The van der Waals surface area contributed by atoms with Gasteiger partial charge in [0.15, 0.2) is 11.5 Å². The number of hydrogen-bond donors (Lipinski definition) is 3. The molecule has 0 spiro atoms. The van der Waals surface area contributed by atoms with Crippen LogP contribution in [0, 0.1) is 0 Å². The normalized spacial score (nSPS) is 13.3. The molecule has 6 heteroatoms. The number of rotatable bonds is 8. The minimum atomic E-state index is -0.436. The van der Waals surface area contributed by atoms with Gasteiger partial charge in [-0.25, -0.2) is 0 Å². The first-order valence-electron chi connectivity index (χ1n) is 8.86. The summed E-state index contributed by atoms with van der Waals surface area (Å²) in [5.41, 5.74) is 8.57. The Morgan fingerprint density at radius 1 is 1.11 bits per heavy atom. The molecule has 2 atom stereocenters. The molecule has 3 rings (SSSR count). The van der Waals surface area contributed by atoms with Crippen molar-refractivity contribution in [2.45, 2.75) is 18.9 Å². The highest BCUT2D eigenvalue weighted by Crippen LogP contribution is 2.40. The molecule has 4 N–H and O–H groups in total. The lowest BCUT2D eigenvalue weighted by molar-refractivity contribution is -0.119. The minimum Gasteiger partial charge on any atom is -0.493 e. The van der Waals surface area contributed by atoms with Crippen molar-refractivity contribution >= 4 is 16.8 Å².